The van der Waals surface area contributed by atoms with Crippen molar-refractivity contribution in [2.75, 3.05) is 20.3 Å². The molecule has 5 rings (SSSR count). The number of aromatic amines is 1. The highest BCUT2D eigenvalue weighted by molar-refractivity contribution is 5.94. The van der Waals surface area contributed by atoms with E-state index in [1.165, 1.54) is 23.1 Å². The quantitative estimate of drug-likeness (QED) is 0.451. The zero-order chi connectivity index (χ0) is 24.4. The van der Waals surface area contributed by atoms with Crippen molar-refractivity contribution in [1.29, 1.82) is 0 Å². The number of fused-ring (bicyclic) bond motifs is 2. The van der Waals surface area contributed by atoms with Gasteiger partial charge in [-0.2, -0.15) is 0 Å². The van der Waals surface area contributed by atoms with Gasteiger partial charge in [0, 0.05) is 23.6 Å². The van der Waals surface area contributed by atoms with Crippen LogP contribution in [0.4, 0.5) is 4.39 Å². The van der Waals surface area contributed by atoms with Crippen LogP contribution < -0.4 is 19.8 Å². The molecular weight excluding hydrogens is 451 g/mol. The van der Waals surface area contributed by atoms with Crippen LogP contribution in [0.3, 0.4) is 0 Å². The first kappa shape index (κ1) is 22.5. The first-order valence-corrected chi connectivity index (χ1v) is 11.1. The van der Waals surface area contributed by atoms with Gasteiger partial charge in [0.2, 0.25) is 0 Å². The summed E-state index contributed by atoms with van der Waals surface area (Å²) in [6.45, 7) is 1.05. The van der Waals surface area contributed by atoms with Crippen molar-refractivity contribution in [3.63, 3.8) is 0 Å². The Hall–Kier alpha value is -4.33. The van der Waals surface area contributed by atoms with Crippen molar-refractivity contribution >= 4 is 16.8 Å². The third-order valence-corrected chi connectivity index (χ3v) is 5.87. The second-order valence-corrected chi connectivity index (χ2v) is 8.20. The van der Waals surface area contributed by atoms with Gasteiger partial charge < -0.3 is 24.1 Å². The second kappa shape index (κ2) is 9.50. The maximum absolute atomic E-state index is 14.5. The fourth-order valence-corrected chi connectivity index (χ4v) is 4.07. The van der Waals surface area contributed by atoms with Crippen LogP contribution in [0.5, 0.6) is 17.2 Å². The summed E-state index contributed by atoms with van der Waals surface area (Å²) in [5.74, 6) is 0.720. The number of halogens is 1. The highest BCUT2D eigenvalue weighted by Gasteiger charge is 2.22. The van der Waals surface area contributed by atoms with Gasteiger partial charge >= 0.3 is 0 Å². The molecule has 0 unspecified atom stereocenters. The van der Waals surface area contributed by atoms with Crippen LogP contribution >= 0.6 is 0 Å². The number of hydrogen-bond donors (Lipinski definition) is 1. The van der Waals surface area contributed by atoms with Gasteiger partial charge in [-0.25, -0.2) is 4.39 Å². The Morgan fingerprint density at radius 3 is 2.43 bits per heavy atom. The number of benzene rings is 3. The number of nitrogens with zero attached hydrogens (tertiary/aromatic N) is 1. The molecule has 35 heavy (non-hydrogen) atoms. The van der Waals surface area contributed by atoms with Crippen LogP contribution in [-0.4, -0.2) is 36.1 Å². The molecule has 7 nitrogen and oxygen atoms in total. The lowest BCUT2D eigenvalue weighted by atomic mass is 10.1. The van der Waals surface area contributed by atoms with Gasteiger partial charge in [0.25, 0.3) is 11.5 Å². The zero-order valence-corrected chi connectivity index (χ0v) is 19.0. The Balaban J connectivity index is 1.51. The number of carbonyl (C=O) groups is 1. The Labute approximate surface area is 200 Å². The van der Waals surface area contributed by atoms with E-state index in [9.17, 15) is 14.0 Å². The van der Waals surface area contributed by atoms with Crippen molar-refractivity contribution in [1.82, 2.24) is 9.88 Å². The molecule has 3 aromatic carbocycles. The molecule has 0 atom stereocenters. The molecule has 1 amide bonds. The van der Waals surface area contributed by atoms with Crippen LogP contribution in [0.15, 0.2) is 71.5 Å². The molecule has 1 N–H and O–H groups in total. The smallest absolute Gasteiger partial charge is 0.257 e. The fraction of sp³-hybridized carbons (Fsp3) is 0.185. The standard InChI is InChI=1S/C27H23FN2O5/c1-33-20-8-6-17(7-9-20)15-30(27(32)21-4-2-3-5-22(21)28)16-19-12-18-13-24-25(35-11-10-34-24)14-23(18)29-26(19)31/h2-9,12-14H,10-11,15-16H2,1H3,(H,29,31). The van der Waals surface area contributed by atoms with Crippen molar-refractivity contribution in [3.8, 4) is 17.2 Å². The van der Waals surface area contributed by atoms with E-state index in [1.54, 1.807) is 43.5 Å². The van der Waals surface area contributed by atoms with Gasteiger partial charge in [0.15, 0.2) is 11.5 Å². The fourth-order valence-electron chi connectivity index (χ4n) is 4.07. The summed E-state index contributed by atoms with van der Waals surface area (Å²) in [7, 11) is 1.57. The van der Waals surface area contributed by atoms with Gasteiger partial charge in [-0.1, -0.05) is 24.3 Å². The summed E-state index contributed by atoms with van der Waals surface area (Å²) in [6.07, 6.45) is 0. The average Bonchev–Trinajstić information content (AvgIpc) is 2.88. The number of H-pyrrole nitrogens is 1. The molecule has 178 valence electrons. The van der Waals surface area contributed by atoms with E-state index in [0.717, 1.165) is 10.9 Å². The number of aromatic nitrogens is 1. The molecule has 0 radical (unpaired) electrons. The number of hydrogen-bond acceptors (Lipinski definition) is 5. The Bertz CT molecular complexity index is 1450. The molecule has 0 fully saturated rings. The number of pyridine rings is 1. The van der Waals surface area contributed by atoms with Crippen LogP contribution in [-0.2, 0) is 13.1 Å². The lowest BCUT2D eigenvalue weighted by Crippen LogP contribution is -2.33. The summed E-state index contributed by atoms with van der Waals surface area (Å²) in [4.78, 5) is 30.6. The minimum atomic E-state index is -0.617. The molecule has 0 bridgehead atoms. The molecule has 4 aromatic rings. The number of nitrogens with one attached hydrogen (secondary N) is 1. The minimum Gasteiger partial charge on any atom is -0.497 e. The number of methoxy groups -OCH3 is 1. The summed E-state index contributed by atoms with van der Waals surface area (Å²) < 4.78 is 30.9. The monoisotopic (exact) mass is 474 g/mol. The highest BCUT2D eigenvalue weighted by atomic mass is 19.1. The molecule has 0 spiro atoms. The van der Waals surface area contributed by atoms with Gasteiger partial charge in [0.1, 0.15) is 24.8 Å². The van der Waals surface area contributed by atoms with Crippen molar-refractivity contribution in [2.45, 2.75) is 13.1 Å². The van der Waals surface area contributed by atoms with E-state index in [0.29, 0.717) is 41.5 Å². The Morgan fingerprint density at radius 1 is 1.00 bits per heavy atom. The van der Waals surface area contributed by atoms with Gasteiger partial charge in [0.05, 0.1) is 24.7 Å². The Kier molecular flexibility index (Phi) is 6.10. The van der Waals surface area contributed by atoms with Crippen LogP contribution in [0.2, 0.25) is 0 Å². The third-order valence-electron chi connectivity index (χ3n) is 5.87. The van der Waals surface area contributed by atoms with E-state index in [1.807, 2.05) is 12.1 Å². The Morgan fingerprint density at radius 2 is 1.71 bits per heavy atom. The molecular formula is C27H23FN2O5. The van der Waals surface area contributed by atoms with E-state index in [2.05, 4.69) is 4.98 Å². The first-order chi connectivity index (χ1) is 17.0. The van der Waals surface area contributed by atoms with E-state index in [4.69, 9.17) is 14.2 Å². The summed E-state index contributed by atoms with van der Waals surface area (Å²) in [5, 5.41) is 0.742. The predicted octanol–water partition coefficient (Wildman–Crippen LogP) is 4.29. The summed E-state index contributed by atoms with van der Waals surface area (Å²) in [6, 6.07) is 18.3. The number of ether oxygens (including phenoxy) is 3. The van der Waals surface area contributed by atoms with Crippen LogP contribution in [0.25, 0.3) is 10.9 Å². The van der Waals surface area contributed by atoms with E-state index < -0.39 is 11.7 Å². The molecule has 0 saturated heterocycles. The van der Waals surface area contributed by atoms with Crippen molar-refractivity contribution < 1.29 is 23.4 Å². The lowest BCUT2D eigenvalue weighted by Gasteiger charge is -2.24. The van der Waals surface area contributed by atoms with Crippen molar-refractivity contribution in [2.24, 2.45) is 0 Å². The zero-order valence-electron chi connectivity index (χ0n) is 19.0. The van der Waals surface area contributed by atoms with E-state index >= 15 is 0 Å². The first-order valence-electron chi connectivity index (χ1n) is 11.1. The molecule has 1 aliphatic rings. The largest absolute Gasteiger partial charge is 0.497 e. The second-order valence-electron chi connectivity index (χ2n) is 8.20. The predicted molar refractivity (Wildman–Crippen MR) is 129 cm³/mol. The molecule has 1 aromatic heterocycles. The number of rotatable bonds is 6. The maximum Gasteiger partial charge on any atom is 0.257 e. The van der Waals surface area contributed by atoms with Crippen LogP contribution in [0.1, 0.15) is 21.5 Å². The molecule has 0 aliphatic carbocycles. The maximum atomic E-state index is 14.5. The molecule has 8 heteroatoms. The highest BCUT2D eigenvalue weighted by Crippen LogP contribution is 2.33. The summed E-state index contributed by atoms with van der Waals surface area (Å²) in [5.41, 5.74) is 1.39. The van der Waals surface area contributed by atoms with Gasteiger partial charge in [-0.05, 0) is 42.0 Å². The molecule has 1 aliphatic heterocycles. The minimum absolute atomic E-state index is 0.0150. The normalized spacial score (nSPS) is 12.4. The van der Waals surface area contributed by atoms with Gasteiger partial charge in [-0.3, -0.25) is 9.59 Å². The average molecular weight is 474 g/mol. The summed E-state index contributed by atoms with van der Waals surface area (Å²) >= 11 is 0. The lowest BCUT2D eigenvalue weighted by molar-refractivity contribution is 0.0724. The van der Waals surface area contributed by atoms with Gasteiger partial charge in [-0.15, -0.1) is 0 Å². The third kappa shape index (κ3) is 4.68. The van der Waals surface area contributed by atoms with Crippen molar-refractivity contribution in [3.05, 3.63) is 99.6 Å². The number of carbonyl (C=O) groups excluding carboxylic acids is 1. The molecule has 0 saturated carbocycles. The van der Waals surface area contributed by atoms with E-state index in [-0.39, 0.29) is 24.2 Å². The number of amides is 1. The topological polar surface area (TPSA) is 80.9 Å². The molecule has 2 heterocycles. The van der Waals surface area contributed by atoms with Crippen LogP contribution in [0, 0.1) is 5.82 Å². The SMILES string of the molecule is COc1ccc(CN(Cc2cc3cc4c(cc3[nH]c2=O)OCCO4)C(=O)c2ccccc2F)cc1.